The zero-order valence-electron chi connectivity index (χ0n) is 9.74. The molecule has 90 valence electrons. The van der Waals surface area contributed by atoms with Gasteiger partial charge in [-0.05, 0) is 27.2 Å². The maximum absolute atomic E-state index is 11.4. The monoisotopic (exact) mass is 227 g/mol. The molecule has 5 heteroatoms. The number of carbonyl (C=O) groups excluding carboxylic acids is 1. The van der Waals surface area contributed by atoms with Crippen molar-refractivity contribution in [2.24, 2.45) is 5.92 Å². The van der Waals surface area contributed by atoms with Crippen LogP contribution in [0, 0.1) is 5.92 Å². The molecule has 1 aliphatic rings. The lowest BCUT2D eigenvalue weighted by Gasteiger charge is -2.21. The van der Waals surface area contributed by atoms with Crippen LogP contribution in [0.15, 0.2) is 12.2 Å². The fraction of sp³-hybridized carbons (Fsp3) is 0.636. The fourth-order valence-corrected chi connectivity index (χ4v) is 1.35. The van der Waals surface area contributed by atoms with E-state index in [0.29, 0.717) is 6.42 Å². The molecule has 5 nitrogen and oxygen atoms in total. The molecule has 0 aromatic heterocycles. The Bertz CT molecular complexity index is 329. The first kappa shape index (κ1) is 12.5. The van der Waals surface area contributed by atoms with Crippen LogP contribution in [0.5, 0.6) is 0 Å². The van der Waals surface area contributed by atoms with Crippen molar-refractivity contribution >= 4 is 12.1 Å². The molecule has 0 bridgehead atoms. The molecule has 0 radical (unpaired) electrons. The Kier molecular flexibility index (Phi) is 3.26. The van der Waals surface area contributed by atoms with Crippen LogP contribution in [0.2, 0.25) is 0 Å². The van der Waals surface area contributed by atoms with E-state index in [1.165, 1.54) is 0 Å². The number of rotatable bonds is 3. The van der Waals surface area contributed by atoms with Gasteiger partial charge in [0.05, 0.1) is 0 Å². The summed E-state index contributed by atoms with van der Waals surface area (Å²) in [6.45, 7) is 8.84. The Balaban J connectivity index is 2.53. The summed E-state index contributed by atoms with van der Waals surface area (Å²) in [5.41, 5.74) is 0.219. The van der Waals surface area contributed by atoms with E-state index in [2.05, 4.69) is 11.9 Å². The largest absolute Gasteiger partial charge is 0.480 e. The fourth-order valence-electron chi connectivity index (χ4n) is 1.35. The molecular weight excluding hydrogens is 210 g/mol. The van der Waals surface area contributed by atoms with Crippen molar-refractivity contribution in [3.05, 3.63) is 12.2 Å². The predicted molar refractivity (Wildman–Crippen MR) is 58.0 cm³/mol. The summed E-state index contributed by atoms with van der Waals surface area (Å²) >= 11 is 0. The minimum Gasteiger partial charge on any atom is -0.480 e. The molecule has 1 rings (SSSR count). The predicted octanol–water partition coefficient (Wildman–Crippen LogP) is 1.54. The van der Waals surface area contributed by atoms with Crippen molar-refractivity contribution in [2.45, 2.75) is 38.8 Å². The first-order chi connectivity index (χ1) is 7.20. The molecule has 1 amide bonds. The molecule has 0 unspecified atom stereocenters. The third-order valence-corrected chi connectivity index (χ3v) is 2.19. The molecule has 2 atom stereocenters. The first-order valence-corrected chi connectivity index (χ1v) is 5.10. The van der Waals surface area contributed by atoms with Gasteiger partial charge in [-0.3, -0.25) is 0 Å². The maximum atomic E-state index is 11.4. The van der Waals surface area contributed by atoms with Crippen LogP contribution in [-0.2, 0) is 9.53 Å². The third kappa shape index (κ3) is 3.56. The zero-order valence-corrected chi connectivity index (χ0v) is 9.74. The lowest BCUT2D eigenvalue weighted by molar-refractivity contribution is -0.139. The van der Waals surface area contributed by atoms with Crippen molar-refractivity contribution in [3.8, 4) is 0 Å². The van der Waals surface area contributed by atoms with Gasteiger partial charge in [0.1, 0.15) is 11.6 Å². The number of nitrogens with one attached hydrogen (secondary N) is 1. The van der Waals surface area contributed by atoms with E-state index in [9.17, 15) is 9.59 Å². The van der Waals surface area contributed by atoms with Crippen LogP contribution in [0.25, 0.3) is 0 Å². The Morgan fingerprint density at radius 2 is 2.06 bits per heavy atom. The number of alkyl carbamates (subject to hydrolysis) is 1. The second kappa shape index (κ2) is 4.15. The van der Waals surface area contributed by atoms with E-state index in [1.54, 1.807) is 20.8 Å². The number of aliphatic carboxylic acids is 1. The van der Waals surface area contributed by atoms with Gasteiger partial charge in [-0.2, -0.15) is 0 Å². The minimum absolute atomic E-state index is 0.162. The zero-order chi connectivity index (χ0) is 12.5. The topological polar surface area (TPSA) is 75.6 Å². The summed E-state index contributed by atoms with van der Waals surface area (Å²) in [6.07, 6.45) is -0.0631. The molecular formula is C11H17NO4. The number of carboxylic acids is 1. The Labute approximate surface area is 94.5 Å². The van der Waals surface area contributed by atoms with E-state index >= 15 is 0 Å². The average Bonchev–Trinajstić information content (AvgIpc) is 2.74. The first-order valence-electron chi connectivity index (χ1n) is 5.10. The second-order valence-electron chi connectivity index (χ2n) is 4.93. The van der Waals surface area contributed by atoms with Gasteiger partial charge in [-0.15, -0.1) is 0 Å². The van der Waals surface area contributed by atoms with Crippen LogP contribution < -0.4 is 5.32 Å². The van der Waals surface area contributed by atoms with Crippen molar-refractivity contribution in [1.29, 1.82) is 0 Å². The molecule has 16 heavy (non-hydrogen) atoms. The van der Waals surface area contributed by atoms with E-state index in [4.69, 9.17) is 9.84 Å². The molecule has 0 aromatic carbocycles. The van der Waals surface area contributed by atoms with Crippen LogP contribution >= 0.6 is 0 Å². The molecule has 1 fully saturated rings. The van der Waals surface area contributed by atoms with Crippen LogP contribution in [0.1, 0.15) is 27.2 Å². The number of carboxylic acid groups (broad SMARTS) is 1. The second-order valence-corrected chi connectivity index (χ2v) is 4.93. The van der Waals surface area contributed by atoms with Crippen molar-refractivity contribution in [3.63, 3.8) is 0 Å². The maximum Gasteiger partial charge on any atom is 0.408 e. The molecule has 0 spiro atoms. The van der Waals surface area contributed by atoms with Crippen LogP contribution in [0.4, 0.5) is 4.79 Å². The van der Waals surface area contributed by atoms with E-state index in [1.807, 2.05) is 0 Å². The summed E-state index contributed by atoms with van der Waals surface area (Å²) in [7, 11) is 0. The van der Waals surface area contributed by atoms with Crippen LogP contribution in [0.3, 0.4) is 0 Å². The van der Waals surface area contributed by atoms with Gasteiger partial charge in [0.25, 0.3) is 0 Å². The van der Waals surface area contributed by atoms with E-state index in [0.717, 1.165) is 5.57 Å². The number of hydrogen-bond donors (Lipinski definition) is 2. The number of ether oxygens (including phenoxy) is 1. The molecule has 1 saturated carbocycles. The molecule has 0 saturated heterocycles. The van der Waals surface area contributed by atoms with Crippen molar-refractivity contribution < 1.29 is 19.4 Å². The lowest BCUT2D eigenvalue weighted by Crippen LogP contribution is -2.44. The summed E-state index contributed by atoms with van der Waals surface area (Å²) in [5.74, 6) is -1.22. The number of carbonyl (C=O) groups is 2. The van der Waals surface area contributed by atoms with Crippen LogP contribution in [-0.4, -0.2) is 28.8 Å². The lowest BCUT2D eigenvalue weighted by atomic mass is 10.2. The summed E-state index contributed by atoms with van der Waals surface area (Å²) < 4.78 is 4.99. The Morgan fingerprint density at radius 3 is 2.38 bits per heavy atom. The summed E-state index contributed by atoms with van der Waals surface area (Å²) in [4.78, 5) is 22.3. The van der Waals surface area contributed by atoms with Crippen molar-refractivity contribution in [2.75, 3.05) is 0 Å². The Morgan fingerprint density at radius 1 is 1.56 bits per heavy atom. The van der Waals surface area contributed by atoms with Gasteiger partial charge in [-0.25, -0.2) is 9.59 Å². The van der Waals surface area contributed by atoms with Gasteiger partial charge in [0.2, 0.25) is 0 Å². The SMILES string of the molecule is C=C1C[C@H]1[C@@H](NC(=O)OC(C)(C)C)C(=O)O. The summed E-state index contributed by atoms with van der Waals surface area (Å²) in [5, 5.41) is 11.3. The summed E-state index contributed by atoms with van der Waals surface area (Å²) in [6, 6.07) is -0.928. The van der Waals surface area contributed by atoms with Gasteiger partial charge < -0.3 is 15.2 Å². The highest BCUT2D eigenvalue weighted by atomic mass is 16.6. The molecule has 0 heterocycles. The normalized spacial score (nSPS) is 21.2. The highest BCUT2D eigenvalue weighted by Gasteiger charge is 2.41. The van der Waals surface area contributed by atoms with E-state index < -0.39 is 23.7 Å². The minimum atomic E-state index is -1.06. The van der Waals surface area contributed by atoms with Gasteiger partial charge in [0.15, 0.2) is 0 Å². The quantitative estimate of drug-likeness (QED) is 0.717. The molecule has 1 aliphatic carbocycles. The molecule has 2 N–H and O–H groups in total. The average molecular weight is 227 g/mol. The highest BCUT2D eigenvalue weighted by molar-refractivity contribution is 5.81. The van der Waals surface area contributed by atoms with Gasteiger partial charge in [-0.1, -0.05) is 12.2 Å². The number of hydrogen-bond acceptors (Lipinski definition) is 3. The molecule has 0 aromatic rings. The van der Waals surface area contributed by atoms with Crippen molar-refractivity contribution in [1.82, 2.24) is 5.32 Å². The van der Waals surface area contributed by atoms with E-state index in [-0.39, 0.29) is 5.92 Å². The third-order valence-electron chi connectivity index (χ3n) is 2.19. The Hall–Kier alpha value is -1.52. The standard InChI is InChI=1S/C11H17NO4/c1-6-5-7(6)8(9(13)14)12-10(15)16-11(2,3)4/h7-8H,1,5H2,2-4H3,(H,12,15)(H,13,14)/t7-,8-/m1/s1. The smallest absolute Gasteiger partial charge is 0.408 e. The molecule has 0 aliphatic heterocycles. The number of amides is 1. The highest BCUT2D eigenvalue weighted by Crippen LogP contribution is 2.38. The van der Waals surface area contributed by atoms with Gasteiger partial charge in [0, 0.05) is 5.92 Å². The van der Waals surface area contributed by atoms with Gasteiger partial charge >= 0.3 is 12.1 Å².